The van der Waals surface area contributed by atoms with Gasteiger partial charge in [-0.25, -0.2) is 0 Å². The molecule has 4 aromatic rings. The first-order chi connectivity index (χ1) is 11.8. The van der Waals surface area contributed by atoms with E-state index in [1.165, 1.54) is 11.3 Å². The summed E-state index contributed by atoms with van der Waals surface area (Å²) >= 11 is 4.68. The van der Waals surface area contributed by atoms with Gasteiger partial charge in [0.2, 0.25) is 5.78 Å². The Morgan fingerprint density at radius 2 is 1.46 bits per heavy atom. The summed E-state index contributed by atoms with van der Waals surface area (Å²) < 4.78 is 0. The van der Waals surface area contributed by atoms with Crippen LogP contribution in [0.3, 0.4) is 0 Å². The van der Waals surface area contributed by atoms with Crippen molar-refractivity contribution in [2.45, 2.75) is 0 Å². The molecule has 4 rings (SSSR count). The summed E-state index contributed by atoms with van der Waals surface area (Å²) in [5, 5.41) is 6.01. The Morgan fingerprint density at radius 1 is 0.792 bits per heavy atom. The maximum absolute atomic E-state index is 13.1. The summed E-state index contributed by atoms with van der Waals surface area (Å²) in [5.41, 5.74) is 9.49. The molecule has 3 aromatic heterocycles. The minimum absolute atomic E-state index is 0.00990. The molecule has 0 spiro atoms. The molecule has 0 atom stereocenters. The van der Waals surface area contributed by atoms with Gasteiger partial charge in [0.05, 0.1) is 10.6 Å². The molecule has 0 saturated carbocycles. The van der Waals surface area contributed by atoms with Crippen molar-refractivity contribution in [2.24, 2.45) is 0 Å². The molecule has 0 radical (unpaired) electrons. The van der Waals surface area contributed by atoms with Crippen LogP contribution in [-0.4, -0.2) is 5.78 Å². The quantitative estimate of drug-likeness (QED) is 0.448. The number of hydrogen-bond acceptors (Lipinski definition) is 5. The zero-order valence-corrected chi connectivity index (χ0v) is 15.0. The van der Waals surface area contributed by atoms with Gasteiger partial charge in [0, 0.05) is 31.8 Å². The van der Waals surface area contributed by atoms with Crippen molar-refractivity contribution < 1.29 is 4.79 Å². The van der Waals surface area contributed by atoms with E-state index in [0.29, 0.717) is 16.1 Å². The Balaban J connectivity index is 1.79. The number of anilines is 1. The standard InChI is InChI=1S/C19H13NOS3/c20-17-14(16-8-4-10-23-16)11-24-19(17)18(21)13-6-2-1-5-12(13)15-7-3-9-22-15/h1-11H,20H2. The first-order valence-electron chi connectivity index (χ1n) is 7.34. The van der Waals surface area contributed by atoms with Gasteiger partial charge in [0.15, 0.2) is 0 Å². The van der Waals surface area contributed by atoms with Crippen molar-refractivity contribution >= 4 is 45.5 Å². The summed E-state index contributed by atoms with van der Waals surface area (Å²) in [5.74, 6) is -0.00990. The van der Waals surface area contributed by atoms with Gasteiger partial charge >= 0.3 is 0 Å². The fourth-order valence-corrected chi connectivity index (χ4v) is 5.16. The van der Waals surface area contributed by atoms with Crippen molar-refractivity contribution in [3.63, 3.8) is 0 Å². The molecular weight excluding hydrogens is 354 g/mol. The van der Waals surface area contributed by atoms with E-state index < -0.39 is 0 Å². The monoisotopic (exact) mass is 367 g/mol. The van der Waals surface area contributed by atoms with Crippen molar-refractivity contribution in [3.8, 4) is 20.9 Å². The summed E-state index contributed by atoms with van der Waals surface area (Å²) in [6, 6.07) is 15.8. The van der Waals surface area contributed by atoms with Crippen LogP contribution in [0.4, 0.5) is 5.69 Å². The van der Waals surface area contributed by atoms with E-state index >= 15 is 0 Å². The predicted octanol–water partition coefficient (Wildman–Crippen LogP) is 6.02. The van der Waals surface area contributed by atoms with Crippen molar-refractivity contribution in [3.05, 3.63) is 75.1 Å². The number of hydrogen-bond donors (Lipinski definition) is 1. The molecule has 2 N–H and O–H groups in total. The number of thiophene rings is 3. The highest BCUT2D eigenvalue weighted by atomic mass is 32.1. The molecule has 0 aliphatic carbocycles. The summed E-state index contributed by atoms with van der Waals surface area (Å²) in [6.07, 6.45) is 0. The molecule has 0 fully saturated rings. The van der Waals surface area contributed by atoms with E-state index in [4.69, 9.17) is 5.73 Å². The Morgan fingerprint density at radius 3 is 2.12 bits per heavy atom. The van der Waals surface area contributed by atoms with Crippen LogP contribution < -0.4 is 5.73 Å². The second-order valence-electron chi connectivity index (χ2n) is 5.22. The summed E-state index contributed by atoms with van der Waals surface area (Å²) in [4.78, 5) is 15.9. The molecule has 5 heteroatoms. The molecule has 1 aromatic carbocycles. The van der Waals surface area contributed by atoms with Gasteiger partial charge in [-0.1, -0.05) is 36.4 Å². The maximum atomic E-state index is 13.1. The lowest BCUT2D eigenvalue weighted by Crippen LogP contribution is -2.04. The normalized spacial score (nSPS) is 10.8. The van der Waals surface area contributed by atoms with Crippen molar-refractivity contribution in [2.75, 3.05) is 5.73 Å². The largest absolute Gasteiger partial charge is 0.397 e. The fourth-order valence-electron chi connectivity index (χ4n) is 2.62. The zero-order chi connectivity index (χ0) is 16.5. The Hall–Kier alpha value is -2.21. The molecule has 0 bridgehead atoms. The topological polar surface area (TPSA) is 43.1 Å². The highest BCUT2D eigenvalue weighted by Gasteiger charge is 2.21. The molecule has 2 nitrogen and oxygen atoms in total. The molecule has 0 aliphatic rings. The van der Waals surface area contributed by atoms with E-state index in [1.54, 1.807) is 22.7 Å². The Labute approximate surface area is 151 Å². The van der Waals surface area contributed by atoms with Crippen molar-refractivity contribution in [1.82, 2.24) is 0 Å². The maximum Gasteiger partial charge on any atom is 0.205 e. The van der Waals surface area contributed by atoms with E-state index in [9.17, 15) is 4.79 Å². The van der Waals surface area contributed by atoms with Gasteiger partial charge < -0.3 is 5.73 Å². The molecule has 24 heavy (non-hydrogen) atoms. The number of ketones is 1. The second-order valence-corrected chi connectivity index (χ2v) is 8.00. The van der Waals surface area contributed by atoms with Crippen LogP contribution in [0.1, 0.15) is 15.2 Å². The SMILES string of the molecule is Nc1c(-c2cccs2)csc1C(=O)c1ccccc1-c1cccs1. The number of carbonyl (C=O) groups excluding carboxylic acids is 1. The molecule has 0 saturated heterocycles. The summed E-state index contributed by atoms with van der Waals surface area (Å²) in [6.45, 7) is 0. The lowest BCUT2D eigenvalue weighted by molar-refractivity contribution is 0.104. The van der Waals surface area contributed by atoms with E-state index in [0.717, 1.165) is 20.9 Å². The number of carbonyl (C=O) groups is 1. The fraction of sp³-hybridized carbons (Fsp3) is 0. The minimum atomic E-state index is -0.00990. The third-order valence-corrected chi connectivity index (χ3v) is 6.58. The first-order valence-corrected chi connectivity index (χ1v) is 9.98. The number of benzene rings is 1. The average Bonchev–Trinajstić information content (AvgIpc) is 3.35. The van der Waals surface area contributed by atoms with E-state index in [1.807, 2.05) is 64.7 Å². The first kappa shape index (κ1) is 15.3. The third-order valence-electron chi connectivity index (χ3n) is 3.78. The number of nitrogen functional groups attached to an aromatic ring is 1. The van der Waals surface area contributed by atoms with Crippen LogP contribution in [0.2, 0.25) is 0 Å². The molecule has 118 valence electrons. The minimum Gasteiger partial charge on any atom is -0.397 e. The molecule has 0 amide bonds. The lowest BCUT2D eigenvalue weighted by Gasteiger charge is -2.07. The van der Waals surface area contributed by atoms with Gasteiger partial charge in [0.25, 0.3) is 0 Å². The molecule has 0 unspecified atom stereocenters. The third kappa shape index (κ3) is 2.60. The molecule has 3 heterocycles. The Bertz CT molecular complexity index is 982. The van der Waals surface area contributed by atoms with Crippen LogP contribution in [0.5, 0.6) is 0 Å². The summed E-state index contributed by atoms with van der Waals surface area (Å²) in [7, 11) is 0. The lowest BCUT2D eigenvalue weighted by atomic mass is 10.0. The van der Waals surface area contributed by atoms with Gasteiger partial charge in [-0.05, 0) is 22.9 Å². The van der Waals surface area contributed by atoms with Crippen LogP contribution in [0, 0.1) is 0 Å². The number of rotatable bonds is 4. The van der Waals surface area contributed by atoms with Gasteiger partial charge in [-0.3, -0.25) is 4.79 Å². The predicted molar refractivity (Wildman–Crippen MR) is 105 cm³/mol. The van der Waals surface area contributed by atoms with Crippen LogP contribution in [0.25, 0.3) is 20.9 Å². The second kappa shape index (κ2) is 6.36. The van der Waals surface area contributed by atoms with Gasteiger partial charge in [-0.2, -0.15) is 0 Å². The van der Waals surface area contributed by atoms with E-state index in [2.05, 4.69) is 0 Å². The van der Waals surface area contributed by atoms with Crippen LogP contribution in [-0.2, 0) is 0 Å². The molecular formula is C19H13NOS3. The zero-order valence-electron chi connectivity index (χ0n) is 12.6. The molecule has 0 aliphatic heterocycles. The van der Waals surface area contributed by atoms with E-state index in [-0.39, 0.29) is 5.78 Å². The number of nitrogens with two attached hydrogens (primary N) is 1. The van der Waals surface area contributed by atoms with Gasteiger partial charge in [0.1, 0.15) is 0 Å². The Kier molecular flexibility index (Phi) is 4.06. The van der Waals surface area contributed by atoms with Crippen molar-refractivity contribution in [1.29, 1.82) is 0 Å². The van der Waals surface area contributed by atoms with Gasteiger partial charge in [-0.15, -0.1) is 34.0 Å². The highest BCUT2D eigenvalue weighted by Crippen LogP contribution is 2.39. The van der Waals surface area contributed by atoms with Crippen LogP contribution in [0.15, 0.2) is 64.7 Å². The van der Waals surface area contributed by atoms with Crippen LogP contribution >= 0.6 is 34.0 Å². The highest BCUT2D eigenvalue weighted by molar-refractivity contribution is 7.16. The average molecular weight is 368 g/mol. The smallest absolute Gasteiger partial charge is 0.205 e.